The molecule has 7 nitrogen and oxygen atoms in total. The van der Waals surface area contributed by atoms with Crippen LogP contribution in [0.15, 0.2) is 11.1 Å². The van der Waals surface area contributed by atoms with Gasteiger partial charge in [0.2, 0.25) is 11.9 Å². The first-order chi connectivity index (χ1) is 11.6. The molecule has 1 aromatic rings. The molecule has 8 heteroatoms. The van der Waals surface area contributed by atoms with Gasteiger partial charge < -0.3 is 15.4 Å². The molecule has 1 aliphatic carbocycles. The summed E-state index contributed by atoms with van der Waals surface area (Å²) < 4.78 is 5.63. The van der Waals surface area contributed by atoms with E-state index in [-0.39, 0.29) is 6.10 Å². The molecule has 3 rings (SSSR count). The number of aryl methyl sites for hydroxylation is 2. The highest BCUT2D eigenvalue weighted by Gasteiger charge is 2.22. The monoisotopic (exact) mass is 348 g/mol. The summed E-state index contributed by atoms with van der Waals surface area (Å²) in [5, 5.41) is 10.1. The summed E-state index contributed by atoms with van der Waals surface area (Å²) in [7, 11) is 0. The van der Waals surface area contributed by atoms with Crippen molar-refractivity contribution >= 4 is 29.2 Å². The van der Waals surface area contributed by atoms with Crippen LogP contribution in [0.1, 0.15) is 37.1 Å². The molecule has 130 valence electrons. The quantitative estimate of drug-likeness (QED) is 0.434. The Bertz CT molecular complexity index is 605. The third-order valence-corrected chi connectivity index (χ3v) is 4.05. The van der Waals surface area contributed by atoms with Gasteiger partial charge in [0.15, 0.2) is 5.11 Å². The fourth-order valence-electron chi connectivity index (χ4n) is 2.54. The molecule has 1 atom stereocenters. The lowest BCUT2D eigenvalue weighted by molar-refractivity contribution is 0.118. The first-order valence-electron chi connectivity index (χ1n) is 8.41. The van der Waals surface area contributed by atoms with Gasteiger partial charge in [0, 0.05) is 24.0 Å². The number of anilines is 1. The largest absolute Gasteiger partial charge is 0.376 e. The molecule has 0 radical (unpaired) electrons. The molecule has 2 fully saturated rings. The lowest BCUT2D eigenvalue weighted by atomic mass is 10.2. The summed E-state index contributed by atoms with van der Waals surface area (Å²) in [6.07, 6.45) is 4.64. The highest BCUT2D eigenvalue weighted by atomic mass is 32.1. The average molecular weight is 348 g/mol. The fraction of sp³-hybridized carbons (Fsp3) is 0.625. The van der Waals surface area contributed by atoms with Gasteiger partial charge in [-0.3, -0.25) is 5.32 Å². The van der Waals surface area contributed by atoms with Gasteiger partial charge in [0.1, 0.15) is 0 Å². The number of aliphatic imine (C=N–C) groups is 1. The van der Waals surface area contributed by atoms with Crippen LogP contribution in [-0.4, -0.2) is 46.3 Å². The zero-order chi connectivity index (χ0) is 16.9. The Balaban J connectivity index is 1.66. The number of hydrogen-bond acceptors (Lipinski definition) is 5. The standard InChI is InChI=1S/C16H24N6OS/c1-10-8-11(2)19-15(18-10)21-14(17-9-13-4-3-7-23-13)22-16(24)20-12-5-6-12/h8,12-13H,3-7,9H2,1-2H3,(H3,17,18,19,20,21,22,24). The van der Waals surface area contributed by atoms with Gasteiger partial charge in [-0.25, -0.2) is 15.0 Å². The molecule has 3 N–H and O–H groups in total. The van der Waals surface area contributed by atoms with Crippen molar-refractivity contribution in [2.24, 2.45) is 4.99 Å². The van der Waals surface area contributed by atoms with Crippen LogP contribution in [-0.2, 0) is 4.74 Å². The zero-order valence-corrected chi connectivity index (χ0v) is 14.9. The van der Waals surface area contributed by atoms with E-state index in [9.17, 15) is 0 Å². The van der Waals surface area contributed by atoms with Gasteiger partial charge in [-0.15, -0.1) is 0 Å². The summed E-state index contributed by atoms with van der Waals surface area (Å²) in [4.78, 5) is 13.4. The van der Waals surface area contributed by atoms with Gasteiger partial charge in [0.05, 0.1) is 12.6 Å². The molecule has 24 heavy (non-hydrogen) atoms. The first-order valence-corrected chi connectivity index (χ1v) is 8.82. The molecular formula is C16H24N6OS. The van der Waals surface area contributed by atoms with Gasteiger partial charge in [-0.05, 0) is 57.8 Å². The zero-order valence-electron chi connectivity index (χ0n) is 14.1. The molecule has 1 unspecified atom stereocenters. The second kappa shape index (κ2) is 7.85. The van der Waals surface area contributed by atoms with E-state index in [0.717, 1.165) is 43.7 Å². The summed E-state index contributed by atoms with van der Waals surface area (Å²) in [5.41, 5.74) is 1.81. The minimum Gasteiger partial charge on any atom is -0.376 e. The van der Waals surface area contributed by atoms with Crippen molar-refractivity contribution in [3.05, 3.63) is 17.5 Å². The molecule has 1 aromatic heterocycles. The van der Waals surface area contributed by atoms with Crippen molar-refractivity contribution in [3.63, 3.8) is 0 Å². The second-order valence-corrected chi connectivity index (χ2v) is 6.70. The lowest BCUT2D eigenvalue weighted by Gasteiger charge is -2.15. The summed E-state index contributed by atoms with van der Waals surface area (Å²) in [6, 6.07) is 2.42. The molecular weight excluding hydrogens is 324 g/mol. The van der Waals surface area contributed by atoms with Crippen LogP contribution < -0.4 is 16.0 Å². The van der Waals surface area contributed by atoms with Crippen LogP contribution in [0.5, 0.6) is 0 Å². The molecule has 0 aromatic carbocycles. The molecule has 1 aliphatic heterocycles. The van der Waals surface area contributed by atoms with Crippen molar-refractivity contribution in [2.45, 2.75) is 51.7 Å². The van der Waals surface area contributed by atoms with Crippen LogP contribution in [0.3, 0.4) is 0 Å². The number of hydrogen-bond donors (Lipinski definition) is 3. The third-order valence-electron chi connectivity index (χ3n) is 3.83. The van der Waals surface area contributed by atoms with Crippen LogP contribution in [0, 0.1) is 13.8 Å². The number of nitrogens with one attached hydrogen (secondary N) is 3. The van der Waals surface area contributed by atoms with E-state index in [1.54, 1.807) is 0 Å². The van der Waals surface area contributed by atoms with E-state index in [0.29, 0.717) is 29.6 Å². The van der Waals surface area contributed by atoms with Gasteiger partial charge in [0.25, 0.3) is 0 Å². The normalized spacial score (nSPS) is 20.8. The lowest BCUT2D eigenvalue weighted by Crippen LogP contribution is -2.44. The van der Waals surface area contributed by atoms with Crippen LogP contribution in [0.4, 0.5) is 5.95 Å². The molecule has 1 saturated carbocycles. The number of guanidine groups is 1. The summed E-state index contributed by atoms with van der Waals surface area (Å²) in [6.45, 7) is 5.29. The number of thiocarbonyl (C=S) groups is 1. The Hall–Kier alpha value is -1.80. The maximum absolute atomic E-state index is 5.63. The maximum Gasteiger partial charge on any atom is 0.229 e. The third kappa shape index (κ3) is 5.38. The van der Waals surface area contributed by atoms with Crippen molar-refractivity contribution in [3.8, 4) is 0 Å². The SMILES string of the molecule is Cc1cc(C)nc(NC(=NCC2CCCO2)NC(=S)NC2CC2)n1. The van der Waals surface area contributed by atoms with Crippen molar-refractivity contribution < 1.29 is 4.74 Å². The van der Waals surface area contributed by atoms with E-state index in [1.807, 2.05) is 19.9 Å². The Morgan fingerprint density at radius 1 is 1.29 bits per heavy atom. The molecule has 0 bridgehead atoms. The maximum atomic E-state index is 5.63. The minimum absolute atomic E-state index is 0.175. The highest BCUT2D eigenvalue weighted by molar-refractivity contribution is 7.80. The topological polar surface area (TPSA) is 83.5 Å². The van der Waals surface area contributed by atoms with Gasteiger partial charge in [-0.1, -0.05) is 0 Å². The molecule has 2 aliphatic rings. The van der Waals surface area contributed by atoms with Crippen molar-refractivity contribution in [2.75, 3.05) is 18.5 Å². The predicted molar refractivity (Wildman–Crippen MR) is 98.3 cm³/mol. The number of nitrogens with zero attached hydrogens (tertiary/aromatic N) is 3. The van der Waals surface area contributed by atoms with E-state index in [2.05, 4.69) is 30.9 Å². The molecule has 0 spiro atoms. The Morgan fingerprint density at radius 3 is 2.67 bits per heavy atom. The second-order valence-electron chi connectivity index (χ2n) is 6.30. The smallest absolute Gasteiger partial charge is 0.229 e. The molecule has 2 heterocycles. The number of ether oxygens (including phenoxy) is 1. The Kier molecular flexibility index (Phi) is 5.57. The predicted octanol–water partition coefficient (Wildman–Crippen LogP) is 1.67. The van der Waals surface area contributed by atoms with Gasteiger partial charge >= 0.3 is 0 Å². The van der Waals surface area contributed by atoms with Gasteiger partial charge in [-0.2, -0.15) is 0 Å². The first kappa shape index (κ1) is 17.0. The van der Waals surface area contributed by atoms with Crippen molar-refractivity contribution in [1.29, 1.82) is 0 Å². The molecule has 0 amide bonds. The fourth-order valence-corrected chi connectivity index (χ4v) is 2.80. The van der Waals surface area contributed by atoms with E-state index < -0.39 is 0 Å². The minimum atomic E-state index is 0.175. The van der Waals surface area contributed by atoms with Crippen molar-refractivity contribution in [1.82, 2.24) is 20.6 Å². The summed E-state index contributed by atoms with van der Waals surface area (Å²) in [5.74, 6) is 1.06. The summed E-state index contributed by atoms with van der Waals surface area (Å²) >= 11 is 5.35. The average Bonchev–Trinajstić information content (AvgIpc) is 3.15. The Morgan fingerprint density at radius 2 is 2.04 bits per heavy atom. The van der Waals surface area contributed by atoms with E-state index in [4.69, 9.17) is 17.0 Å². The van der Waals surface area contributed by atoms with E-state index in [1.165, 1.54) is 0 Å². The number of rotatable bonds is 4. The van der Waals surface area contributed by atoms with Crippen LogP contribution in [0.2, 0.25) is 0 Å². The van der Waals surface area contributed by atoms with E-state index >= 15 is 0 Å². The highest BCUT2D eigenvalue weighted by Crippen LogP contribution is 2.18. The Labute approximate surface area is 147 Å². The van der Waals surface area contributed by atoms with Crippen LogP contribution >= 0.6 is 12.2 Å². The van der Waals surface area contributed by atoms with Crippen LogP contribution in [0.25, 0.3) is 0 Å². The number of aromatic nitrogens is 2. The molecule has 1 saturated heterocycles.